The fraction of sp³-hybridized carbons (Fsp3) is 0.0870. The fourth-order valence-electron chi connectivity index (χ4n) is 3.09. The van der Waals surface area contributed by atoms with Crippen LogP contribution >= 0.6 is 12.2 Å². The van der Waals surface area contributed by atoms with Gasteiger partial charge < -0.3 is 10.6 Å². The monoisotopic (exact) mass is 400 g/mol. The van der Waals surface area contributed by atoms with Crippen LogP contribution in [0.25, 0.3) is 0 Å². The van der Waals surface area contributed by atoms with Gasteiger partial charge in [-0.1, -0.05) is 48.5 Å². The number of benzene rings is 3. The highest BCUT2D eigenvalue weighted by Crippen LogP contribution is 2.22. The zero-order valence-electron chi connectivity index (χ0n) is 15.7. The maximum absolute atomic E-state index is 12.3. The molecule has 29 heavy (non-hydrogen) atoms. The van der Waals surface area contributed by atoms with E-state index in [1.165, 1.54) is 5.01 Å². The van der Waals surface area contributed by atoms with Gasteiger partial charge in [0.2, 0.25) is 5.91 Å². The van der Waals surface area contributed by atoms with Crippen molar-refractivity contribution in [1.82, 2.24) is 0 Å². The Balaban J connectivity index is 1.46. The fourth-order valence-corrected chi connectivity index (χ4v) is 3.33. The molecule has 3 aromatic rings. The smallest absolute Gasteiger partial charge is 0.247 e. The van der Waals surface area contributed by atoms with Crippen molar-refractivity contribution in [3.8, 4) is 0 Å². The number of anilines is 3. The number of nitrogens with zero attached hydrogens (tertiary/aromatic N) is 2. The van der Waals surface area contributed by atoms with Gasteiger partial charge in [0.05, 0.1) is 11.4 Å². The summed E-state index contributed by atoms with van der Waals surface area (Å²) >= 11 is 5.37. The van der Waals surface area contributed by atoms with E-state index in [0.29, 0.717) is 18.0 Å². The summed E-state index contributed by atoms with van der Waals surface area (Å²) in [4.78, 5) is 12.3. The van der Waals surface area contributed by atoms with Crippen molar-refractivity contribution in [2.45, 2.75) is 12.8 Å². The minimum absolute atomic E-state index is 0.00979. The third kappa shape index (κ3) is 4.67. The predicted octanol–water partition coefficient (Wildman–Crippen LogP) is 5.03. The molecule has 0 aliphatic carbocycles. The first-order valence-electron chi connectivity index (χ1n) is 9.38. The predicted molar refractivity (Wildman–Crippen MR) is 122 cm³/mol. The Hall–Kier alpha value is -3.51. The third-order valence-electron chi connectivity index (χ3n) is 4.54. The maximum atomic E-state index is 12.3. The number of para-hydroxylation sites is 2. The number of amides is 1. The van der Waals surface area contributed by atoms with Crippen molar-refractivity contribution in [3.63, 3.8) is 0 Å². The zero-order valence-corrected chi connectivity index (χ0v) is 16.5. The number of nitrogens with one attached hydrogen (secondary N) is 2. The SMILES string of the molecule is O=C1CCC(c2ccc(NC(=S)Nc3ccccc3)cc2)=NN1c1ccccc1. The summed E-state index contributed by atoms with van der Waals surface area (Å²) in [5, 5.41) is 12.9. The Morgan fingerprint density at radius 1 is 0.793 bits per heavy atom. The first-order valence-corrected chi connectivity index (χ1v) is 9.79. The highest BCUT2D eigenvalue weighted by molar-refractivity contribution is 7.80. The minimum atomic E-state index is 0.00979. The molecule has 0 spiro atoms. The number of thiocarbonyl (C=S) groups is 1. The van der Waals surface area contributed by atoms with Crippen LogP contribution in [-0.2, 0) is 4.79 Å². The first kappa shape index (κ1) is 18.8. The summed E-state index contributed by atoms with van der Waals surface area (Å²) in [7, 11) is 0. The lowest BCUT2D eigenvalue weighted by Gasteiger charge is -2.23. The quantitative estimate of drug-likeness (QED) is 0.604. The van der Waals surface area contributed by atoms with Crippen LogP contribution < -0.4 is 15.6 Å². The number of rotatable bonds is 4. The van der Waals surface area contributed by atoms with Gasteiger partial charge in [0.1, 0.15) is 0 Å². The van der Waals surface area contributed by atoms with Gasteiger partial charge in [0.25, 0.3) is 0 Å². The average Bonchev–Trinajstić information content (AvgIpc) is 2.76. The molecule has 0 saturated carbocycles. The molecule has 0 saturated heterocycles. The van der Waals surface area contributed by atoms with Crippen LogP contribution in [0, 0.1) is 0 Å². The van der Waals surface area contributed by atoms with E-state index in [0.717, 1.165) is 28.3 Å². The Labute approximate surface area is 175 Å². The molecule has 1 amide bonds. The van der Waals surface area contributed by atoms with Gasteiger partial charge in [0, 0.05) is 24.2 Å². The number of hydrogen-bond donors (Lipinski definition) is 2. The van der Waals surface area contributed by atoms with Crippen molar-refractivity contribution in [1.29, 1.82) is 0 Å². The highest BCUT2D eigenvalue weighted by atomic mass is 32.1. The average molecular weight is 401 g/mol. The summed E-state index contributed by atoms with van der Waals surface area (Å²) in [6, 6.07) is 27.2. The van der Waals surface area contributed by atoms with Gasteiger partial charge in [0.15, 0.2) is 5.11 Å². The molecule has 0 radical (unpaired) electrons. The van der Waals surface area contributed by atoms with E-state index in [4.69, 9.17) is 12.2 Å². The molecule has 0 fully saturated rings. The van der Waals surface area contributed by atoms with Crippen LogP contribution in [-0.4, -0.2) is 16.7 Å². The van der Waals surface area contributed by atoms with Crippen molar-refractivity contribution >= 4 is 46.0 Å². The third-order valence-corrected chi connectivity index (χ3v) is 4.75. The molecule has 4 rings (SSSR count). The number of carbonyl (C=O) groups is 1. The van der Waals surface area contributed by atoms with Crippen LogP contribution in [0.5, 0.6) is 0 Å². The second-order valence-corrected chi connectivity index (χ2v) is 7.02. The molecular formula is C23H20N4OS. The molecule has 6 heteroatoms. The summed E-state index contributed by atoms with van der Waals surface area (Å²) in [6.45, 7) is 0. The maximum Gasteiger partial charge on any atom is 0.247 e. The molecular weight excluding hydrogens is 380 g/mol. The van der Waals surface area contributed by atoms with Crippen molar-refractivity contribution in [2.75, 3.05) is 15.6 Å². The molecule has 0 aromatic heterocycles. The lowest BCUT2D eigenvalue weighted by atomic mass is 10.0. The van der Waals surface area contributed by atoms with Crippen LogP contribution in [0.4, 0.5) is 17.1 Å². The van der Waals surface area contributed by atoms with Gasteiger partial charge in [-0.3, -0.25) is 4.79 Å². The Morgan fingerprint density at radius 3 is 2.03 bits per heavy atom. The Morgan fingerprint density at radius 2 is 1.38 bits per heavy atom. The van der Waals surface area contributed by atoms with Crippen molar-refractivity contribution < 1.29 is 4.79 Å². The molecule has 1 aliphatic rings. The van der Waals surface area contributed by atoms with Crippen molar-refractivity contribution in [3.05, 3.63) is 90.5 Å². The molecule has 0 atom stereocenters. The van der Waals surface area contributed by atoms with Crippen LogP contribution in [0.1, 0.15) is 18.4 Å². The second kappa shape index (κ2) is 8.67. The van der Waals surface area contributed by atoms with E-state index in [9.17, 15) is 4.79 Å². The molecule has 1 heterocycles. The van der Waals surface area contributed by atoms with Gasteiger partial charge in [-0.2, -0.15) is 5.10 Å². The van der Waals surface area contributed by atoms with E-state index in [2.05, 4.69) is 15.7 Å². The van der Waals surface area contributed by atoms with Crippen LogP contribution in [0.3, 0.4) is 0 Å². The minimum Gasteiger partial charge on any atom is -0.332 e. The Bertz CT molecular complexity index is 1030. The normalized spacial score (nSPS) is 13.6. The summed E-state index contributed by atoms with van der Waals surface area (Å²) in [5.41, 5.74) is 4.49. The Kier molecular flexibility index (Phi) is 5.63. The van der Waals surface area contributed by atoms with Gasteiger partial charge in [-0.25, -0.2) is 5.01 Å². The number of hydrogen-bond acceptors (Lipinski definition) is 3. The van der Waals surface area contributed by atoms with Gasteiger partial charge in [-0.15, -0.1) is 0 Å². The summed E-state index contributed by atoms with van der Waals surface area (Å²) < 4.78 is 0. The zero-order chi connectivity index (χ0) is 20.1. The standard InChI is InChI=1S/C23H20N4OS/c28-22-16-15-21(26-27(22)20-9-5-2-6-10-20)17-11-13-19(14-12-17)25-23(29)24-18-7-3-1-4-8-18/h1-14H,15-16H2,(H2,24,25,29). The topological polar surface area (TPSA) is 56.7 Å². The first-order chi connectivity index (χ1) is 14.2. The molecule has 0 bridgehead atoms. The van der Waals surface area contributed by atoms with E-state index in [-0.39, 0.29) is 5.91 Å². The summed E-state index contributed by atoms with van der Waals surface area (Å²) in [6.07, 6.45) is 1.07. The molecule has 5 nitrogen and oxygen atoms in total. The molecule has 144 valence electrons. The largest absolute Gasteiger partial charge is 0.332 e. The lowest BCUT2D eigenvalue weighted by molar-refractivity contribution is -0.118. The van der Waals surface area contributed by atoms with E-state index in [1.807, 2.05) is 84.9 Å². The van der Waals surface area contributed by atoms with E-state index in [1.54, 1.807) is 0 Å². The summed E-state index contributed by atoms with van der Waals surface area (Å²) in [5.74, 6) is 0.00979. The highest BCUT2D eigenvalue weighted by Gasteiger charge is 2.22. The van der Waals surface area contributed by atoms with Gasteiger partial charge in [-0.05, 0) is 54.2 Å². The van der Waals surface area contributed by atoms with E-state index < -0.39 is 0 Å². The molecule has 1 aliphatic heterocycles. The second-order valence-electron chi connectivity index (χ2n) is 6.61. The number of hydrazone groups is 1. The molecule has 2 N–H and O–H groups in total. The lowest BCUT2D eigenvalue weighted by Crippen LogP contribution is -2.31. The number of carbonyl (C=O) groups excluding carboxylic acids is 1. The van der Waals surface area contributed by atoms with Crippen molar-refractivity contribution in [2.24, 2.45) is 5.10 Å². The van der Waals surface area contributed by atoms with Crippen LogP contribution in [0.2, 0.25) is 0 Å². The van der Waals surface area contributed by atoms with Gasteiger partial charge >= 0.3 is 0 Å². The molecule has 0 unspecified atom stereocenters. The molecule has 3 aromatic carbocycles. The van der Waals surface area contributed by atoms with Crippen LogP contribution in [0.15, 0.2) is 90.0 Å². The van der Waals surface area contributed by atoms with E-state index >= 15 is 0 Å².